The minimum Gasteiger partial charge on any atom is -0.459 e. The van der Waals surface area contributed by atoms with Crippen LogP contribution in [0.1, 0.15) is 49.1 Å². The Labute approximate surface area is 118 Å². The molecule has 1 aliphatic carbocycles. The van der Waals surface area contributed by atoms with Gasteiger partial charge in [-0.25, -0.2) is 0 Å². The number of amides is 2. The Kier molecular flexibility index (Phi) is 3.76. The Balaban J connectivity index is 1.65. The van der Waals surface area contributed by atoms with Gasteiger partial charge in [0.1, 0.15) is 6.04 Å². The SMILES string of the molecule is O=C(NC1CCCC1)C1CCCN1C(=O)c1ccco1. The van der Waals surface area contributed by atoms with E-state index < -0.39 is 0 Å². The molecule has 1 atom stereocenters. The molecule has 0 bridgehead atoms. The standard InChI is InChI=1S/C15H20N2O3/c18-14(16-11-5-1-2-6-11)12-7-3-9-17(12)15(19)13-8-4-10-20-13/h4,8,10-12H,1-3,5-7,9H2,(H,16,18). The van der Waals surface area contributed by atoms with Gasteiger partial charge in [-0.15, -0.1) is 0 Å². The number of carbonyl (C=O) groups excluding carboxylic acids is 2. The van der Waals surface area contributed by atoms with Gasteiger partial charge in [-0.1, -0.05) is 12.8 Å². The molecule has 3 rings (SSSR count). The van der Waals surface area contributed by atoms with Crippen LogP contribution in [0.15, 0.2) is 22.8 Å². The minimum absolute atomic E-state index is 0.00527. The predicted octanol–water partition coefficient (Wildman–Crippen LogP) is 1.94. The summed E-state index contributed by atoms with van der Waals surface area (Å²) in [6.07, 6.45) is 7.58. The molecule has 2 heterocycles. The molecule has 0 spiro atoms. The Morgan fingerprint density at radius 1 is 1.20 bits per heavy atom. The van der Waals surface area contributed by atoms with E-state index in [9.17, 15) is 9.59 Å². The maximum absolute atomic E-state index is 12.4. The van der Waals surface area contributed by atoms with Gasteiger partial charge in [0.25, 0.3) is 5.91 Å². The smallest absolute Gasteiger partial charge is 0.290 e. The maximum Gasteiger partial charge on any atom is 0.290 e. The number of nitrogens with zero attached hydrogens (tertiary/aromatic N) is 1. The molecule has 2 fully saturated rings. The van der Waals surface area contributed by atoms with Crippen LogP contribution in [0.2, 0.25) is 0 Å². The van der Waals surface area contributed by atoms with E-state index in [0.29, 0.717) is 18.3 Å². The molecule has 1 unspecified atom stereocenters. The lowest BCUT2D eigenvalue weighted by atomic mass is 10.1. The van der Waals surface area contributed by atoms with Gasteiger partial charge in [-0.2, -0.15) is 0 Å². The summed E-state index contributed by atoms with van der Waals surface area (Å²) >= 11 is 0. The number of hydrogen-bond donors (Lipinski definition) is 1. The van der Waals surface area contributed by atoms with Crippen molar-refractivity contribution in [1.82, 2.24) is 10.2 Å². The summed E-state index contributed by atoms with van der Waals surface area (Å²) in [6.45, 7) is 0.627. The lowest BCUT2D eigenvalue weighted by molar-refractivity contribution is -0.125. The van der Waals surface area contributed by atoms with E-state index in [-0.39, 0.29) is 17.9 Å². The van der Waals surface area contributed by atoms with Crippen LogP contribution in [-0.4, -0.2) is 35.3 Å². The molecule has 0 radical (unpaired) electrons. The van der Waals surface area contributed by atoms with E-state index in [2.05, 4.69) is 5.32 Å². The Hall–Kier alpha value is -1.78. The molecule has 108 valence electrons. The minimum atomic E-state index is -0.340. The lowest BCUT2D eigenvalue weighted by Crippen LogP contribution is -2.48. The van der Waals surface area contributed by atoms with Crippen molar-refractivity contribution < 1.29 is 14.0 Å². The molecule has 1 saturated carbocycles. The summed E-state index contributed by atoms with van der Waals surface area (Å²) in [5, 5.41) is 3.09. The molecule has 20 heavy (non-hydrogen) atoms. The number of nitrogens with one attached hydrogen (secondary N) is 1. The topological polar surface area (TPSA) is 62.6 Å². The fourth-order valence-corrected chi connectivity index (χ4v) is 3.19. The molecule has 0 aromatic carbocycles. The van der Waals surface area contributed by atoms with Gasteiger partial charge in [0.05, 0.1) is 6.26 Å². The number of rotatable bonds is 3. The normalized spacial score (nSPS) is 23.2. The van der Waals surface area contributed by atoms with Crippen LogP contribution >= 0.6 is 0 Å². The summed E-state index contributed by atoms with van der Waals surface area (Å²) in [5.41, 5.74) is 0. The van der Waals surface area contributed by atoms with Crippen LogP contribution in [0, 0.1) is 0 Å². The second kappa shape index (κ2) is 5.69. The third-order valence-corrected chi connectivity index (χ3v) is 4.25. The van der Waals surface area contributed by atoms with Crippen LogP contribution in [-0.2, 0) is 4.79 Å². The number of carbonyl (C=O) groups is 2. The van der Waals surface area contributed by atoms with Crippen LogP contribution in [0.3, 0.4) is 0 Å². The van der Waals surface area contributed by atoms with Crippen LogP contribution in [0.4, 0.5) is 0 Å². The first kappa shape index (κ1) is 13.2. The summed E-state index contributed by atoms with van der Waals surface area (Å²) in [4.78, 5) is 26.3. The second-order valence-corrected chi connectivity index (χ2v) is 5.62. The predicted molar refractivity (Wildman–Crippen MR) is 73.2 cm³/mol. The molecule has 5 heteroatoms. The van der Waals surface area contributed by atoms with Crippen LogP contribution < -0.4 is 5.32 Å². The molecule has 5 nitrogen and oxygen atoms in total. The maximum atomic E-state index is 12.4. The highest BCUT2D eigenvalue weighted by Crippen LogP contribution is 2.22. The van der Waals surface area contributed by atoms with Crippen LogP contribution in [0.5, 0.6) is 0 Å². The highest BCUT2D eigenvalue weighted by molar-refractivity contribution is 5.96. The Morgan fingerprint density at radius 3 is 2.70 bits per heavy atom. The summed E-state index contributed by atoms with van der Waals surface area (Å²) in [7, 11) is 0. The summed E-state index contributed by atoms with van der Waals surface area (Å²) in [5.74, 6) is 0.124. The highest BCUT2D eigenvalue weighted by Gasteiger charge is 2.36. The summed E-state index contributed by atoms with van der Waals surface area (Å²) in [6, 6.07) is 3.29. The molecule has 1 saturated heterocycles. The van der Waals surface area contributed by atoms with E-state index in [1.54, 1.807) is 17.0 Å². The lowest BCUT2D eigenvalue weighted by Gasteiger charge is -2.24. The zero-order valence-corrected chi connectivity index (χ0v) is 11.5. The Bertz CT molecular complexity index is 477. The zero-order chi connectivity index (χ0) is 13.9. The van der Waals surface area contributed by atoms with Gasteiger partial charge in [0.15, 0.2) is 5.76 Å². The van der Waals surface area contributed by atoms with E-state index >= 15 is 0 Å². The van der Waals surface area contributed by atoms with E-state index in [1.807, 2.05) is 0 Å². The van der Waals surface area contributed by atoms with Crippen molar-refractivity contribution in [2.75, 3.05) is 6.54 Å². The van der Waals surface area contributed by atoms with Crippen molar-refractivity contribution in [3.63, 3.8) is 0 Å². The van der Waals surface area contributed by atoms with Gasteiger partial charge in [-0.05, 0) is 37.8 Å². The van der Waals surface area contributed by atoms with E-state index in [0.717, 1.165) is 25.7 Å². The highest BCUT2D eigenvalue weighted by atomic mass is 16.3. The number of likely N-dealkylation sites (tertiary alicyclic amines) is 1. The molecule has 2 aliphatic rings. The van der Waals surface area contributed by atoms with E-state index in [4.69, 9.17) is 4.42 Å². The van der Waals surface area contributed by atoms with E-state index in [1.165, 1.54) is 19.1 Å². The molecule has 1 aromatic rings. The van der Waals surface area contributed by atoms with Crippen molar-refractivity contribution >= 4 is 11.8 Å². The average Bonchev–Trinajstić information content (AvgIpc) is 3.19. The number of hydrogen-bond acceptors (Lipinski definition) is 3. The third-order valence-electron chi connectivity index (χ3n) is 4.25. The first-order valence-corrected chi connectivity index (χ1v) is 7.40. The zero-order valence-electron chi connectivity index (χ0n) is 11.5. The molecular formula is C15H20N2O3. The Morgan fingerprint density at radius 2 is 2.00 bits per heavy atom. The molecule has 1 aromatic heterocycles. The van der Waals surface area contributed by atoms with Gasteiger partial charge >= 0.3 is 0 Å². The molecule has 1 N–H and O–H groups in total. The van der Waals surface area contributed by atoms with Gasteiger partial charge < -0.3 is 14.6 Å². The third kappa shape index (κ3) is 2.57. The fraction of sp³-hybridized carbons (Fsp3) is 0.600. The molecular weight excluding hydrogens is 256 g/mol. The molecule has 2 amide bonds. The van der Waals surface area contributed by atoms with Gasteiger partial charge in [0.2, 0.25) is 5.91 Å². The largest absolute Gasteiger partial charge is 0.459 e. The van der Waals surface area contributed by atoms with Gasteiger partial charge in [-0.3, -0.25) is 9.59 Å². The quantitative estimate of drug-likeness (QED) is 0.917. The molecule has 1 aliphatic heterocycles. The first-order valence-electron chi connectivity index (χ1n) is 7.40. The van der Waals surface area contributed by atoms with Crippen molar-refractivity contribution in [2.45, 2.75) is 50.6 Å². The summed E-state index contributed by atoms with van der Waals surface area (Å²) < 4.78 is 5.15. The monoisotopic (exact) mass is 276 g/mol. The first-order chi connectivity index (χ1) is 9.75. The van der Waals surface area contributed by atoms with Crippen molar-refractivity contribution in [3.8, 4) is 0 Å². The second-order valence-electron chi connectivity index (χ2n) is 5.62. The van der Waals surface area contributed by atoms with Crippen LogP contribution in [0.25, 0.3) is 0 Å². The van der Waals surface area contributed by atoms with Crippen molar-refractivity contribution in [1.29, 1.82) is 0 Å². The number of furan rings is 1. The van der Waals surface area contributed by atoms with Crippen molar-refractivity contribution in [2.24, 2.45) is 0 Å². The van der Waals surface area contributed by atoms with Gasteiger partial charge in [0, 0.05) is 12.6 Å². The average molecular weight is 276 g/mol. The fourth-order valence-electron chi connectivity index (χ4n) is 3.19. The van der Waals surface area contributed by atoms with Crippen molar-refractivity contribution in [3.05, 3.63) is 24.2 Å².